The van der Waals surface area contributed by atoms with Crippen LogP contribution in [0.4, 0.5) is 11.4 Å². The molecule has 0 radical (unpaired) electrons. The molecule has 1 aromatic heterocycles. The lowest BCUT2D eigenvalue weighted by molar-refractivity contribution is -0.122. The highest BCUT2D eigenvalue weighted by Gasteiger charge is 2.23. The van der Waals surface area contributed by atoms with Crippen molar-refractivity contribution in [2.75, 3.05) is 10.6 Å². The van der Waals surface area contributed by atoms with Gasteiger partial charge in [-0.05, 0) is 56.3 Å². The first kappa shape index (κ1) is 16.8. The number of ether oxygens (including phenoxy) is 1. The molecule has 2 amide bonds. The van der Waals surface area contributed by atoms with Gasteiger partial charge in [0.2, 0.25) is 0 Å². The van der Waals surface area contributed by atoms with E-state index in [0.717, 1.165) is 5.56 Å². The Hall–Kier alpha value is -3.68. The van der Waals surface area contributed by atoms with Crippen LogP contribution < -0.4 is 15.4 Å². The van der Waals surface area contributed by atoms with E-state index in [1.807, 2.05) is 0 Å². The molecule has 0 saturated heterocycles. The summed E-state index contributed by atoms with van der Waals surface area (Å²) in [5.41, 5.74) is 2.28. The van der Waals surface area contributed by atoms with E-state index in [1.165, 1.54) is 0 Å². The zero-order valence-corrected chi connectivity index (χ0v) is 14.6. The number of aromatic nitrogens is 2. The quantitative estimate of drug-likeness (QED) is 0.740. The van der Waals surface area contributed by atoms with E-state index in [-0.39, 0.29) is 11.8 Å². The van der Waals surface area contributed by atoms with Crippen LogP contribution in [-0.2, 0) is 4.79 Å². The Bertz CT molecular complexity index is 1030. The first-order chi connectivity index (χ1) is 13.0. The standard InChI is InChI=1S/C19H16N4O4/c1-10-17(24)22-15-9-14(7-8-16(15)26-10)21-18(25)12-3-5-13(6-4-12)19-20-11(2)23-27-19/h3-10H,1-2H3,(H,21,25)(H,22,24). The van der Waals surface area contributed by atoms with Crippen molar-refractivity contribution < 1.29 is 18.8 Å². The molecule has 8 heteroatoms. The van der Waals surface area contributed by atoms with Crippen LogP contribution in [0.2, 0.25) is 0 Å². The predicted molar refractivity (Wildman–Crippen MR) is 97.6 cm³/mol. The molecule has 8 nitrogen and oxygen atoms in total. The van der Waals surface area contributed by atoms with Gasteiger partial charge in [0, 0.05) is 16.8 Å². The Morgan fingerprint density at radius 2 is 1.96 bits per heavy atom. The first-order valence-electron chi connectivity index (χ1n) is 8.33. The molecule has 2 N–H and O–H groups in total. The maximum atomic E-state index is 12.5. The Kier molecular flexibility index (Phi) is 4.08. The monoisotopic (exact) mass is 364 g/mol. The molecule has 0 spiro atoms. The van der Waals surface area contributed by atoms with E-state index in [1.54, 1.807) is 56.3 Å². The fourth-order valence-corrected chi connectivity index (χ4v) is 2.67. The van der Waals surface area contributed by atoms with Crippen LogP contribution in [0.15, 0.2) is 47.0 Å². The SMILES string of the molecule is Cc1noc(-c2ccc(C(=O)Nc3ccc4c(c3)NC(=O)C(C)O4)cc2)n1. The summed E-state index contributed by atoms with van der Waals surface area (Å²) < 4.78 is 10.6. The van der Waals surface area contributed by atoms with Crippen molar-refractivity contribution in [1.29, 1.82) is 0 Å². The van der Waals surface area contributed by atoms with Crippen LogP contribution in [-0.4, -0.2) is 28.1 Å². The van der Waals surface area contributed by atoms with Gasteiger partial charge in [-0.25, -0.2) is 0 Å². The predicted octanol–water partition coefficient (Wildman–Crippen LogP) is 3.02. The minimum Gasteiger partial charge on any atom is -0.479 e. The number of hydrogen-bond donors (Lipinski definition) is 2. The molecule has 0 saturated carbocycles. The van der Waals surface area contributed by atoms with Gasteiger partial charge in [0.1, 0.15) is 5.75 Å². The second-order valence-corrected chi connectivity index (χ2v) is 6.14. The van der Waals surface area contributed by atoms with Gasteiger partial charge >= 0.3 is 0 Å². The third-order valence-electron chi connectivity index (χ3n) is 4.09. The summed E-state index contributed by atoms with van der Waals surface area (Å²) >= 11 is 0. The summed E-state index contributed by atoms with van der Waals surface area (Å²) in [6, 6.07) is 11.9. The fraction of sp³-hybridized carbons (Fsp3) is 0.158. The second kappa shape index (κ2) is 6.56. The molecule has 4 rings (SSSR count). The van der Waals surface area contributed by atoms with Crippen LogP contribution in [0, 0.1) is 6.92 Å². The molecule has 2 aromatic carbocycles. The molecule has 2 heterocycles. The van der Waals surface area contributed by atoms with Crippen LogP contribution in [0.5, 0.6) is 5.75 Å². The van der Waals surface area contributed by atoms with Gasteiger partial charge in [-0.1, -0.05) is 5.16 Å². The van der Waals surface area contributed by atoms with E-state index in [2.05, 4.69) is 20.8 Å². The molecular weight excluding hydrogens is 348 g/mol. The van der Waals surface area contributed by atoms with Crippen molar-refractivity contribution in [2.45, 2.75) is 20.0 Å². The van der Waals surface area contributed by atoms with Gasteiger partial charge in [0.25, 0.3) is 17.7 Å². The van der Waals surface area contributed by atoms with Crippen molar-refractivity contribution in [3.8, 4) is 17.2 Å². The van der Waals surface area contributed by atoms with E-state index < -0.39 is 6.10 Å². The summed E-state index contributed by atoms with van der Waals surface area (Å²) in [4.78, 5) is 28.3. The maximum Gasteiger partial charge on any atom is 0.265 e. The fourth-order valence-electron chi connectivity index (χ4n) is 2.67. The topological polar surface area (TPSA) is 106 Å². The molecule has 1 unspecified atom stereocenters. The lowest BCUT2D eigenvalue weighted by Gasteiger charge is -2.23. The number of hydrogen-bond acceptors (Lipinski definition) is 6. The lowest BCUT2D eigenvalue weighted by atomic mass is 10.1. The first-order valence-corrected chi connectivity index (χ1v) is 8.33. The molecule has 0 aliphatic carbocycles. The highest BCUT2D eigenvalue weighted by molar-refractivity contribution is 6.05. The van der Waals surface area contributed by atoms with Gasteiger partial charge in [-0.2, -0.15) is 4.98 Å². The van der Waals surface area contributed by atoms with Gasteiger partial charge in [-0.3, -0.25) is 9.59 Å². The number of carbonyl (C=O) groups excluding carboxylic acids is 2. The minimum absolute atomic E-state index is 0.224. The van der Waals surface area contributed by atoms with Gasteiger partial charge < -0.3 is 19.9 Å². The Morgan fingerprint density at radius 3 is 2.67 bits per heavy atom. The molecule has 3 aromatic rings. The molecule has 1 atom stereocenters. The van der Waals surface area contributed by atoms with Crippen LogP contribution >= 0.6 is 0 Å². The highest BCUT2D eigenvalue weighted by Crippen LogP contribution is 2.32. The Labute approximate surface area is 154 Å². The minimum atomic E-state index is -0.543. The van der Waals surface area contributed by atoms with Gasteiger partial charge in [0.15, 0.2) is 11.9 Å². The lowest BCUT2D eigenvalue weighted by Crippen LogP contribution is -2.34. The number of amides is 2. The van der Waals surface area contributed by atoms with E-state index in [9.17, 15) is 9.59 Å². The number of rotatable bonds is 3. The zero-order chi connectivity index (χ0) is 19.0. The van der Waals surface area contributed by atoms with Crippen molar-refractivity contribution >= 4 is 23.2 Å². The normalized spacial score (nSPS) is 15.5. The maximum absolute atomic E-state index is 12.5. The average Bonchev–Trinajstić information content (AvgIpc) is 3.09. The highest BCUT2D eigenvalue weighted by atomic mass is 16.5. The number of nitrogens with zero attached hydrogens (tertiary/aromatic N) is 2. The van der Waals surface area contributed by atoms with Crippen molar-refractivity contribution in [2.24, 2.45) is 0 Å². The molecule has 1 aliphatic heterocycles. The number of aryl methyl sites for hydroxylation is 1. The van der Waals surface area contributed by atoms with Crippen LogP contribution in [0.1, 0.15) is 23.1 Å². The molecule has 0 bridgehead atoms. The molecule has 1 aliphatic rings. The number of anilines is 2. The summed E-state index contributed by atoms with van der Waals surface area (Å²) in [5, 5.41) is 9.30. The summed E-state index contributed by atoms with van der Waals surface area (Å²) in [7, 11) is 0. The van der Waals surface area contributed by atoms with Crippen molar-refractivity contribution in [3.05, 3.63) is 53.9 Å². The van der Waals surface area contributed by atoms with Crippen LogP contribution in [0.3, 0.4) is 0 Å². The number of fused-ring (bicyclic) bond motifs is 1. The number of benzene rings is 2. The average molecular weight is 364 g/mol. The third kappa shape index (κ3) is 3.37. The molecule has 136 valence electrons. The largest absolute Gasteiger partial charge is 0.479 e. The van der Waals surface area contributed by atoms with E-state index >= 15 is 0 Å². The number of nitrogens with one attached hydrogen (secondary N) is 2. The summed E-state index contributed by atoms with van der Waals surface area (Å²) in [5.74, 6) is 1.01. The van der Waals surface area contributed by atoms with Crippen molar-refractivity contribution in [1.82, 2.24) is 10.1 Å². The smallest absolute Gasteiger partial charge is 0.265 e. The van der Waals surface area contributed by atoms with Gasteiger partial charge in [-0.15, -0.1) is 0 Å². The Balaban J connectivity index is 1.49. The van der Waals surface area contributed by atoms with Gasteiger partial charge in [0.05, 0.1) is 5.69 Å². The molecular formula is C19H16N4O4. The van der Waals surface area contributed by atoms with E-state index in [4.69, 9.17) is 9.26 Å². The molecule has 27 heavy (non-hydrogen) atoms. The summed E-state index contributed by atoms with van der Waals surface area (Å²) in [6.07, 6.45) is -0.543. The third-order valence-corrected chi connectivity index (χ3v) is 4.09. The van der Waals surface area contributed by atoms with Crippen LogP contribution in [0.25, 0.3) is 11.5 Å². The number of carbonyl (C=O) groups is 2. The zero-order valence-electron chi connectivity index (χ0n) is 14.6. The van der Waals surface area contributed by atoms with E-state index in [0.29, 0.717) is 34.4 Å². The molecule has 0 fully saturated rings. The Morgan fingerprint density at radius 1 is 1.19 bits per heavy atom. The van der Waals surface area contributed by atoms with Crippen molar-refractivity contribution in [3.63, 3.8) is 0 Å². The summed E-state index contributed by atoms with van der Waals surface area (Å²) in [6.45, 7) is 3.41. The second-order valence-electron chi connectivity index (χ2n) is 6.14.